The third-order valence-corrected chi connectivity index (χ3v) is 8.13. The van der Waals surface area contributed by atoms with Gasteiger partial charge in [0.2, 0.25) is 0 Å². The molecular weight excluding hydrogens is 572 g/mol. The maximum Gasteiger partial charge on any atom is 0.335 e. The summed E-state index contributed by atoms with van der Waals surface area (Å²) in [5.74, 6) is -0.913. The van der Waals surface area contributed by atoms with Gasteiger partial charge in [0.15, 0.2) is 0 Å². The number of carboxylic acid groups (broad SMARTS) is 2. The van der Waals surface area contributed by atoms with Gasteiger partial charge in [-0.1, -0.05) is 109 Å². The standard InChI is InChI=1S/C41H38O5/c42-40(43)37-24-18-32(19-25-37)12-15-33(28-34-21-26-38(27-22-34)41(44)45)20-23-36-8-4-5-9-39(36)46-29-35-16-13-31(14-17-35)11-10-30-6-2-1-3-7-30/h1-9,13-14,16-27,33H,10-12,15,28-29H2,(H,42,43)(H,44,45). The zero-order valence-corrected chi connectivity index (χ0v) is 25.7. The highest BCUT2D eigenvalue weighted by Crippen LogP contribution is 2.25. The van der Waals surface area contributed by atoms with E-state index in [2.05, 4.69) is 60.7 Å². The molecule has 0 heterocycles. The van der Waals surface area contributed by atoms with Crippen molar-refractivity contribution in [3.05, 3.63) is 178 Å². The van der Waals surface area contributed by atoms with Crippen LogP contribution in [0.15, 0.2) is 133 Å². The molecule has 0 bridgehead atoms. The summed E-state index contributed by atoms with van der Waals surface area (Å²) < 4.78 is 6.28. The monoisotopic (exact) mass is 610 g/mol. The van der Waals surface area contributed by atoms with Gasteiger partial charge in [-0.3, -0.25) is 0 Å². The van der Waals surface area contributed by atoms with Gasteiger partial charge in [-0.25, -0.2) is 9.59 Å². The molecule has 46 heavy (non-hydrogen) atoms. The summed E-state index contributed by atoms with van der Waals surface area (Å²) in [6.45, 7) is 0.468. The Balaban J connectivity index is 1.24. The van der Waals surface area contributed by atoms with Crippen LogP contribution in [0.2, 0.25) is 0 Å². The lowest BCUT2D eigenvalue weighted by atomic mass is 9.91. The molecule has 0 aliphatic rings. The number of ether oxygens (including phenoxy) is 1. The van der Waals surface area contributed by atoms with E-state index in [4.69, 9.17) is 4.74 Å². The molecule has 0 radical (unpaired) electrons. The molecule has 2 N–H and O–H groups in total. The molecule has 0 fully saturated rings. The van der Waals surface area contributed by atoms with E-state index < -0.39 is 11.9 Å². The van der Waals surface area contributed by atoms with Gasteiger partial charge >= 0.3 is 11.9 Å². The highest BCUT2D eigenvalue weighted by atomic mass is 16.5. The van der Waals surface area contributed by atoms with E-state index in [9.17, 15) is 19.8 Å². The van der Waals surface area contributed by atoms with E-state index in [1.165, 1.54) is 11.1 Å². The predicted molar refractivity (Wildman–Crippen MR) is 182 cm³/mol. The summed E-state index contributed by atoms with van der Waals surface area (Å²) in [6, 6.07) is 41.2. The van der Waals surface area contributed by atoms with Crippen LogP contribution in [0, 0.1) is 5.92 Å². The number of hydrogen-bond acceptors (Lipinski definition) is 3. The van der Waals surface area contributed by atoms with Crippen LogP contribution in [-0.2, 0) is 32.3 Å². The maximum absolute atomic E-state index is 11.3. The molecule has 1 unspecified atom stereocenters. The van der Waals surface area contributed by atoms with Crippen LogP contribution in [0.5, 0.6) is 5.75 Å². The minimum Gasteiger partial charge on any atom is -0.488 e. The van der Waals surface area contributed by atoms with Crippen LogP contribution in [-0.4, -0.2) is 22.2 Å². The number of aryl methyl sites for hydroxylation is 3. The zero-order valence-electron chi connectivity index (χ0n) is 25.7. The molecule has 0 amide bonds. The topological polar surface area (TPSA) is 83.8 Å². The molecule has 5 aromatic carbocycles. The molecular formula is C41H38O5. The van der Waals surface area contributed by atoms with E-state index in [0.717, 1.165) is 60.1 Å². The normalized spacial score (nSPS) is 11.7. The van der Waals surface area contributed by atoms with Gasteiger partial charge in [-0.05, 0) is 96.2 Å². The van der Waals surface area contributed by atoms with Crippen molar-refractivity contribution in [3.63, 3.8) is 0 Å². The van der Waals surface area contributed by atoms with Gasteiger partial charge < -0.3 is 14.9 Å². The highest BCUT2D eigenvalue weighted by Gasteiger charge is 2.11. The Labute approximate surface area is 270 Å². The number of hydrogen-bond donors (Lipinski definition) is 2. The summed E-state index contributed by atoms with van der Waals surface area (Å²) in [7, 11) is 0. The molecule has 5 aromatic rings. The maximum atomic E-state index is 11.3. The fourth-order valence-electron chi connectivity index (χ4n) is 5.40. The van der Waals surface area contributed by atoms with Gasteiger partial charge in [0.25, 0.3) is 0 Å². The van der Waals surface area contributed by atoms with Crippen LogP contribution < -0.4 is 4.74 Å². The number of para-hydroxylation sites is 1. The van der Waals surface area contributed by atoms with E-state index in [-0.39, 0.29) is 17.0 Å². The lowest BCUT2D eigenvalue weighted by Crippen LogP contribution is -2.05. The number of rotatable bonds is 15. The first-order chi connectivity index (χ1) is 22.4. The number of benzene rings is 5. The summed E-state index contributed by atoms with van der Waals surface area (Å²) >= 11 is 0. The van der Waals surface area contributed by atoms with Crippen molar-refractivity contribution in [3.8, 4) is 5.75 Å². The first-order valence-corrected chi connectivity index (χ1v) is 15.6. The zero-order chi connectivity index (χ0) is 32.1. The molecule has 5 heteroatoms. The van der Waals surface area contributed by atoms with Crippen LogP contribution in [0.4, 0.5) is 0 Å². The molecule has 5 nitrogen and oxygen atoms in total. The number of aromatic carboxylic acids is 2. The molecule has 0 aliphatic heterocycles. The van der Waals surface area contributed by atoms with E-state index in [1.54, 1.807) is 24.3 Å². The Morgan fingerprint density at radius 1 is 0.565 bits per heavy atom. The lowest BCUT2D eigenvalue weighted by Gasteiger charge is -2.15. The summed E-state index contributed by atoms with van der Waals surface area (Å²) in [5, 5.41) is 18.5. The van der Waals surface area contributed by atoms with Crippen molar-refractivity contribution < 1.29 is 24.5 Å². The van der Waals surface area contributed by atoms with E-state index in [0.29, 0.717) is 6.61 Å². The smallest absolute Gasteiger partial charge is 0.335 e. The number of carboxylic acids is 2. The molecule has 5 rings (SSSR count). The third-order valence-electron chi connectivity index (χ3n) is 8.13. The molecule has 232 valence electrons. The molecule has 0 saturated heterocycles. The summed E-state index contributed by atoms with van der Waals surface area (Å²) in [5.41, 5.74) is 7.40. The van der Waals surface area contributed by atoms with Crippen molar-refractivity contribution >= 4 is 18.0 Å². The summed E-state index contributed by atoms with van der Waals surface area (Å²) in [6.07, 6.45) is 8.67. The average molecular weight is 611 g/mol. The van der Waals surface area contributed by atoms with Crippen LogP contribution in [0.3, 0.4) is 0 Å². The quantitative estimate of drug-likeness (QED) is 0.124. The third kappa shape index (κ3) is 9.54. The number of allylic oxidation sites excluding steroid dienone is 1. The molecule has 0 spiro atoms. The van der Waals surface area contributed by atoms with Gasteiger partial charge in [0, 0.05) is 5.56 Å². The van der Waals surface area contributed by atoms with Crippen molar-refractivity contribution in [1.82, 2.24) is 0 Å². The summed E-state index contributed by atoms with van der Waals surface area (Å²) in [4.78, 5) is 22.6. The van der Waals surface area contributed by atoms with Crippen LogP contribution in [0.1, 0.15) is 60.5 Å². The van der Waals surface area contributed by atoms with E-state index in [1.807, 2.05) is 54.6 Å². The van der Waals surface area contributed by atoms with Crippen molar-refractivity contribution in [2.24, 2.45) is 5.92 Å². The largest absolute Gasteiger partial charge is 0.488 e. The van der Waals surface area contributed by atoms with Crippen molar-refractivity contribution in [2.45, 2.75) is 38.7 Å². The molecule has 0 aromatic heterocycles. The second-order valence-corrected chi connectivity index (χ2v) is 11.5. The first-order valence-electron chi connectivity index (χ1n) is 15.6. The van der Waals surface area contributed by atoms with Gasteiger partial charge in [-0.2, -0.15) is 0 Å². The minimum atomic E-state index is -0.941. The lowest BCUT2D eigenvalue weighted by molar-refractivity contribution is 0.0686. The van der Waals surface area contributed by atoms with Gasteiger partial charge in [0.05, 0.1) is 11.1 Å². The van der Waals surface area contributed by atoms with Crippen molar-refractivity contribution in [2.75, 3.05) is 0 Å². The second-order valence-electron chi connectivity index (χ2n) is 11.5. The molecule has 0 aliphatic carbocycles. The Hall–Kier alpha value is -5.42. The Morgan fingerprint density at radius 2 is 1.07 bits per heavy atom. The van der Waals surface area contributed by atoms with Crippen LogP contribution in [0.25, 0.3) is 6.08 Å². The van der Waals surface area contributed by atoms with E-state index >= 15 is 0 Å². The molecule has 0 saturated carbocycles. The fraction of sp³-hybridized carbons (Fsp3) is 0.171. The van der Waals surface area contributed by atoms with Gasteiger partial charge in [-0.15, -0.1) is 0 Å². The Bertz CT molecular complexity index is 1740. The first kappa shape index (κ1) is 32.0. The minimum absolute atomic E-state index is 0.159. The predicted octanol–water partition coefficient (Wildman–Crippen LogP) is 8.95. The van der Waals surface area contributed by atoms with Crippen LogP contribution >= 0.6 is 0 Å². The highest BCUT2D eigenvalue weighted by molar-refractivity contribution is 5.88. The number of carbonyl (C=O) groups is 2. The average Bonchev–Trinajstić information content (AvgIpc) is 3.09. The fourth-order valence-corrected chi connectivity index (χ4v) is 5.40. The second kappa shape index (κ2) is 16.1. The molecule has 1 atom stereocenters. The van der Waals surface area contributed by atoms with Gasteiger partial charge in [0.1, 0.15) is 12.4 Å². The Morgan fingerprint density at radius 3 is 1.70 bits per heavy atom. The SMILES string of the molecule is O=C(O)c1ccc(CCC(C=Cc2ccccc2OCc2ccc(CCc3ccccc3)cc2)Cc2ccc(C(=O)O)cc2)cc1. The van der Waals surface area contributed by atoms with Crippen molar-refractivity contribution in [1.29, 1.82) is 0 Å². The Kier molecular flexibility index (Phi) is 11.2.